The number of aliphatic hydroxyl groups excluding tert-OH is 1. The molecular weight excluding hydrogens is 599 g/mol. The van der Waals surface area contributed by atoms with E-state index in [4.69, 9.17) is 0 Å². The smallest absolute Gasteiger partial charge is 0.391 e. The van der Waals surface area contributed by atoms with Crippen LogP contribution in [0.5, 0.6) is 0 Å². The summed E-state index contributed by atoms with van der Waals surface area (Å²) in [5, 5.41) is 19.5. The van der Waals surface area contributed by atoms with Crippen LogP contribution in [0.3, 0.4) is 0 Å². The number of hydrogen-bond acceptors (Lipinski definition) is 9. The van der Waals surface area contributed by atoms with Gasteiger partial charge in [0.25, 0.3) is 5.91 Å². The highest BCUT2D eigenvalue weighted by Crippen LogP contribution is 2.63. The van der Waals surface area contributed by atoms with E-state index in [2.05, 4.69) is 16.0 Å². The molecule has 3 unspecified atom stereocenters. The predicted octanol–water partition coefficient (Wildman–Crippen LogP) is 4.02. The summed E-state index contributed by atoms with van der Waals surface area (Å²) < 4.78 is 33.3. The van der Waals surface area contributed by atoms with E-state index < -0.39 is 18.1 Å². The van der Waals surface area contributed by atoms with Gasteiger partial charge in [0.1, 0.15) is 11.8 Å². The number of nitrogens with zero attached hydrogens (tertiary/aromatic N) is 5. The quantitative estimate of drug-likeness (QED) is 0.427. The number of likely N-dealkylation sites (tertiary alicyclic amines) is 2. The molecule has 44 heavy (non-hydrogen) atoms. The van der Waals surface area contributed by atoms with Crippen LogP contribution in [0, 0.1) is 35.5 Å². The Morgan fingerprint density at radius 3 is 2.36 bits per heavy atom. The third kappa shape index (κ3) is 5.46. The zero-order valence-corrected chi connectivity index (χ0v) is 25.0. The number of Topliss-reactive ketones (excluding diaryl/α,β-unsaturated/α-hetero) is 1. The number of alkyl halides is 3. The van der Waals surface area contributed by atoms with Crippen LogP contribution < -0.4 is 0 Å². The molecule has 14 heteroatoms. The molecule has 0 aromatic carbocycles. The van der Waals surface area contributed by atoms with Crippen molar-refractivity contribution >= 4 is 45.1 Å². The highest BCUT2D eigenvalue weighted by atomic mass is 32.1. The molecule has 1 aliphatic carbocycles. The van der Waals surface area contributed by atoms with Crippen molar-refractivity contribution < 1.29 is 37.5 Å². The van der Waals surface area contributed by atoms with Crippen molar-refractivity contribution in [1.29, 1.82) is 5.26 Å². The summed E-state index contributed by atoms with van der Waals surface area (Å²) in [7, 11) is 0. The van der Waals surface area contributed by atoms with E-state index in [9.17, 15) is 42.7 Å². The first kappa shape index (κ1) is 31.2. The maximum Gasteiger partial charge on any atom is 0.449 e. The van der Waals surface area contributed by atoms with E-state index in [1.807, 2.05) is 19.9 Å². The van der Waals surface area contributed by atoms with Crippen molar-refractivity contribution in [2.75, 3.05) is 13.1 Å². The fraction of sp³-hybridized carbons (Fsp3) is 0.433. The van der Waals surface area contributed by atoms with Gasteiger partial charge in [-0.3, -0.25) is 29.1 Å². The standard InChI is InChI=1S/C27H25N5O4S.C3H3F3O/c1-13-20(24(34)31-7-5-15(33)11-31)18(8-14(10-28)30-13)17-4-6-29-19-9-16(37-23(17)19)12-32-25(35)21-22(26(32)36)27(21,2)3;1-2(7)3(4,5)6/h4,6,8-9,15,21-22,33H,5,7,11-12H2,1-3H3;1H3. The predicted molar refractivity (Wildman–Crippen MR) is 152 cm³/mol. The van der Waals surface area contributed by atoms with Crippen LogP contribution in [-0.2, 0) is 20.9 Å². The lowest BCUT2D eigenvalue weighted by Crippen LogP contribution is -2.35. The topological polar surface area (TPSA) is 145 Å². The van der Waals surface area contributed by atoms with E-state index in [1.165, 1.54) is 16.2 Å². The molecular formula is C30H28F3N5O5S. The summed E-state index contributed by atoms with van der Waals surface area (Å²) in [4.78, 5) is 61.2. The molecule has 1 N–H and O–H groups in total. The van der Waals surface area contributed by atoms with Gasteiger partial charge in [-0.1, -0.05) is 13.8 Å². The highest BCUT2D eigenvalue weighted by Gasteiger charge is 2.72. The maximum atomic E-state index is 13.5. The minimum atomic E-state index is -4.64. The molecule has 0 radical (unpaired) electrons. The minimum Gasteiger partial charge on any atom is -0.391 e. The first-order valence-corrected chi connectivity index (χ1v) is 14.6. The molecule has 3 aromatic heterocycles. The Labute approximate surface area is 254 Å². The number of imide groups is 1. The molecule has 3 fully saturated rings. The average molecular weight is 628 g/mol. The summed E-state index contributed by atoms with van der Waals surface area (Å²) in [6.45, 7) is 7.00. The lowest BCUT2D eigenvalue weighted by atomic mass is 9.97. The lowest BCUT2D eigenvalue weighted by molar-refractivity contribution is -0.168. The second-order valence-electron chi connectivity index (χ2n) is 11.7. The largest absolute Gasteiger partial charge is 0.449 e. The number of β-amino-alcohol motifs (C(OH)–C–C–N with tert-alkyl or cyclic N) is 1. The molecule has 10 nitrogen and oxygen atoms in total. The SMILES string of the molecule is CC(=O)C(F)(F)F.Cc1nc(C#N)cc(-c2ccnc3cc(CN4C(=O)C5C(C4=O)C5(C)C)sc23)c1C(=O)N1CCC(O)C1. The second kappa shape index (κ2) is 11.0. The Hall–Kier alpha value is -4.22. The Bertz CT molecular complexity index is 1740. The van der Waals surface area contributed by atoms with Crippen LogP contribution in [0.15, 0.2) is 24.4 Å². The van der Waals surface area contributed by atoms with Gasteiger partial charge >= 0.3 is 6.18 Å². The summed E-state index contributed by atoms with van der Waals surface area (Å²) >= 11 is 1.42. The first-order valence-electron chi connectivity index (χ1n) is 13.8. The molecule has 1 saturated carbocycles. The van der Waals surface area contributed by atoms with Gasteiger partial charge in [0.2, 0.25) is 17.6 Å². The lowest BCUT2D eigenvalue weighted by Gasteiger charge is -2.20. The number of thiophene rings is 1. The van der Waals surface area contributed by atoms with Gasteiger partial charge in [-0.15, -0.1) is 11.3 Å². The van der Waals surface area contributed by atoms with Gasteiger partial charge < -0.3 is 10.0 Å². The number of carbonyl (C=O) groups excluding carboxylic acids is 4. The number of hydrogen-bond donors (Lipinski definition) is 1. The molecule has 5 heterocycles. The van der Waals surface area contributed by atoms with Crippen molar-refractivity contribution in [1.82, 2.24) is 19.8 Å². The van der Waals surface area contributed by atoms with Crippen molar-refractivity contribution in [3.63, 3.8) is 0 Å². The molecule has 3 atom stereocenters. The number of ketones is 1. The molecule has 6 rings (SSSR count). The third-order valence-corrected chi connectivity index (χ3v) is 9.48. The van der Waals surface area contributed by atoms with Crippen molar-refractivity contribution in [3.05, 3.63) is 46.2 Å². The van der Waals surface area contributed by atoms with E-state index in [1.54, 1.807) is 30.2 Å². The fourth-order valence-corrected chi connectivity index (χ4v) is 7.02. The van der Waals surface area contributed by atoms with Crippen LogP contribution in [0.4, 0.5) is 13.2 Å². The van der Waals surface area contributed by atoms with Crippen molar-refractivity contribution in [2.24, 2.45) is 17.3 Å². The van der Waals surface area contributed by atoms with Gasteiger partial charge in [-0.25, -0.2) is 4.98 Å². The van der Waals surface area contributed by atoms with Gasteiger partial charge in [-0.2, -0.15) is 18.4 Å². The van der Waals surface area contributed by atoms with Crippen molar-refractivity contribution in [2.45, 2.75) is 52.9 Å². The zero-order chi connectivity index (χ0) is 32.3. The number of aromatic nitrogens is 2. The van der Waals surface area contributed by atoms with E-state index in [-0.39, 0.29) is 53.8 Å². The zero-order valence-electron chi connectivity index (χ0n) is 24.2. The molecule has 2 aliphatic heterocycles. The highest BCUT2D eigenvalue weighted by molar-refractivity contribution is 7.19. The normalized spacial score (nSPS) is 22.0. The number of piperidine rings is 1. The number of nitriles is 1. The number of carbonyl (C=O) groups is 4. The number of halogens is 3. The average Bonchev–Trinajstić information content (AvgIpc) is 3.33. The van der Waals surface area contributed by atoms with Crippen LogP contribution in [0.1, 0.15) is 53.8 Å². The second-order valence-corrected chi connectivity index (χ2v) is 12.8. The third-order valence-electron chi connectivity index (χ3n) is 8.34. The Morgan fingerprint density at radius 2 is 1.82 bits per heavy atom. The molecule has 3 amide bonds. The number of rotatable bonds is 4. The number of amides is 3. The fourth-order valence-electron chi connectivity index (χ4n) is 5.89. The summed E-state index contributed by atoms with van der Waals surface area (Å²) in [6.07, 6.45) is -3.03. The van der Waals surface area contributed by atoms with Crippen LogP contribution >= 0.6 is 11.3 Å². The van der Waals surface area contributed by atoms with E-state index in [0.29, 0.717) is 42.2 Å². The number of aliphatic hydroxyl groups is 1. The number of pyridine rings is 2. The van der Waals surface area contributed by atoms with Crippen LogP contribution in [0.25, 0.3) is 21.3 Å². The first-order chi connectivity index (χ1) is 20.6. The Morgan fingerprint density at radius 1 is 1.18 bits per heavy atom. The summed E-state index contributed by atoms with van der Waals surface area (Å²) in [6, 6.07) is 7.37. The monoisotopic (exact) mass is 627 g/mol. The molecule has 0 spiro atoms. The number of fused-ring (bicyclic) bond motifs is 2. The molecule has 2 saturated heterocycles. The maximum absolute atomic E-state index is 13.5. The van der Waals surface area contributed by atoms with Gasteiger partial charge in [0.15, 0.2) is 0 Å². The minimum absolute atomic E-state index is 0.116. The summed E-state index contributed by atoms with van der Waals surface area (Å²) in [5.41, 5.74) is 2.76. The molecule has 3 aromatic rings. The van der Waals surface area contributed by atoms with Crippen molar-refractivity contribution in [3.8, 4) is 17.2 Å². The van der Waals surface area contributed by atoms with Gasteiger partial charge in [0, 0.05) is 42.2 Å². The summed E-state index contributed by atoms with van der Waals surface area (Å²) in [5.74, 6) is -2.69. The molecule has 230 valence electrons. The Balaban J connectivity index is 0.000000493. The number of aryl methyl sites for hydroxylation is 1. The van der Waals surface area contributed by atoms with Gasteiger partial charge in [0.05, 0.1) is 46.0 Å². The van der Waals surface area contributed by atoms with Gasteiger partial charge in [-0.05, 0) is 37.0 Å². The van der Waals surface area contributed by atoms with E-state index >= 15 is 0 Å². The molecule has 0 bridgehead atoms. The molecule has 3 aliphatic rings. The Kier molecular flexibility index (Phi) is 7.84. The van der Waals surface area contributed by atoms with Crippen LogP contribution in [-0.4, -0.2) is 73.7 Å². The van der Waals surface area contributed by atoms with Crippen LogP contribution in [0.2, 0.25) is 0 Å². The van der Waals surface area contributed by atoms with E-state index in [0.717, 1.165) is 15.1 Å².